The number of carbonyl (C=O) groups excluding carboxylic acids is 1. The summed E-state index contributed by atoms with van der Waals surface area (Å²) >= 11 is 0. The summed E-state index contributed by atoms with van der Waals surface area (Å²) in [5, 5.41) is 3.55. The van der Waals surface area contributed by atoms with Crippen LogP contribution >= 0.6 is 0 Å². The van der Waals surface area contributed by atoms with Crippen LogP contribution in [0.1, 0.15) is 27.3 Å². The molecule has 0 aliphatic heterocycles. The lowest BCUT2D eigenvalue weighted by Crippen LogP contribution is -2.22. The van der Waals surface area contributed by atoms with Crippen LogP contribution in [0.15, 0.2) is 71.5 Å². The molecule has 0 saturated heterocycles. The van der Waals surface area contributed by atoms with Crippen molar-refractivity contribution in [2.75, 3.05) is 5.32 Å². The minimum atomic E-state index is -0.186. The molecule has 0 fully saturated rings. The van der Waals surface area contributed by atoms with Crippen molar-refractivity contribution in [3.8, 4) is 5.69 Å². The molecule has 4 aromatic rings. The van der Waals surface area contributed by atoms with E-state index in [-0.39, 0.29) is 11.5 Å². The van der Waals surface area contributed by atoms with Crippen molar-refractivity contribution in [3.05, 3.63) is 99.6 Å². The van der Waals surface area contributed by atoms with E-state index in [2.05, 4.69) is 10.3 Å². The lowest BCUT2D eigenvalue weighted by Gasteiger charge is -2.13. The molecule has 1 heterocycles. The van der Waals surface area contributed by atoms with Gasteiger partial charge < -0.3 is 5.32 Å². The van der Waals surface area contributed by atoms with Gasteiger partial charge in [-0.25, -0.2) is 4.98 Å². The average Bonchev–Trinajstić information content (AvgIpc) is 2.71. The molecule has 0 bridgehead atoms. The first-order valence-corrected chi connectivity index (χ1v) is 9.42. The Labute approximate surface area is 168 Å². The molecule has 1 N–H and O–H groups in total. The fourth-order valence-electron chi connectivity index (χ4n) is 3.51. The maximum Gasteiger partial charge on any atom is 0.265 e. The number of aryl methyl sites for hydroxylation is 3. The molecule has 1 amide bonds. The van der Waals surface area contributed by atoms with Crippen molar-refractivity contribution >= 4 is 22.5 Å². The summed E-state index contributed by atoms with van der Waals surface area (Å²) in [4.78, 5) is 30.1. The number of carbonyl (C=O) groups is 1. The summed E-state index contributed by atoms with van der Waals surface area (Å²) < 4.78 is 1.56. The summed E-state index contributed by atoms with van der Waals surface area (Å²) in [6, 6.07) is 20.2. The topological polar surface area (TPSA) is 64.0 Å². The lowest BCUT2D eigenvalue weighted by atomic mass is 10.1. The van der Waals surface area contributed by atoms with Gasteiger partial charge in [0.2, 0.25) is 0 Å². The van der Waals surface area contributed by atoms with Crippen LogP contribution in [0.3, 0.4) is 0 Å². The molecule has 0 aliphatic rings. The van der Waals surface area contributed by atoms with Crippen LogP contribution in [0.25, 0.3) is 16.6 Å². The molecule has 5 nitrogen and oxygen atoms in total. The zero-order valence-electron chi connectivity index (χ0n) is 16.6. The van der Waals surface area contributed by atoms with Gasteiger partial charge in [-0.2, -0.15) is 0 Å². The second-order valence-electron chi connectivity index (χ2n) is 7.08. The van der Waals surface area contributed by atoms with Gasteiger partial charge in [0.15, 0.2) is 0 Å². The largest absolute Gasteiger partial charge is 0.322 e. The SMILES string of the molecule is Cc1cccc(C)c1NC(=O)c1ccc(-n2c(C)nc3ccccc3c2=O)cc1. The average molecular weight is 383 g/mol. The number of nitrogens with one attached hydrogen (secondary N) is 1. The van der Waals surface area contributed by atoms with E-state index in [0.717, 1.165) is 16.8 Å². The normalized spacial score (nSPS) is 10.9. The molecule has 144 valence electrons. The Morgan fingerprint density at radius 2 is 1.52 bits per heavy atom. The Hall–Kier alpha value is -3.73. The van der Waals surface area contributed by atoms with Crippen LogP contribution < -0.4 is 10.9 Å². The van der Waals surface area contributed by atoms with Crippen molar-refractivity contribution in [2.45, 2.75) is 20.8 Å². The second-order valence-corrected chi connectivity index (χ2v) is 7.08. The van der Waals surface area contributed by atoms with E-state index < -0.39 is 0 Å². The highest BCUT2D eigenvalue weighted by atomic mass is 16.1. The first-order valence-electron chi connectivity index (χ1n) is 9.42. The Balaban J connectivity index is 1.67. The number of amides is 1. The van der Waals surface area contributed by atoms with E-state index in [0.29, 0.717) is 28.0 Å². The Kier molecular flexibility index (Phi) is 4.72. The maximum absolute atomic E-state index is 12.9. The van der Waals surface area contributed by atoms with Crippen LogP contribution in [0, 0.1) is 20.8 Å². The number of hydrogen-bond donors (Lipinski definition) is 1. The molecular weight excluding hydrogens is 362 g/mol. The molecular formula is C24H21N3O2. The Morgan fingerprint density at radius 3 is 2.21 bits per heavy atom. The predicted molar refractivity (Wildman–Crippen MR) is 116 cm³/mol. The van der Waals surface area contributed by atoms with Crippen LogP contribution in [-0.4, -0.2) is 15.5 Å². The predicted octanol–water partition coefficient (Wildman–Crippen LogP) is 4.56. The van der Waals surface area contributed by atoms with E-state index in [1.54, 1.807) is 41.8 Å². The minimum absolute atomic E-state index is 0.124. The first-order chi connectivity index (χ1) is 14.0. The van der Waals surface area contributed by atoms with Crippen LogP contribution in [0.4, 0.5) is 5.69 Å². The molecule has 3 aromatic carbocycles. The molecule has 1 aromatic heterocycles. The third kappa shape index (κ3) is 3.43. The van der Waals surface area contributed by atoms with Gasteiger partial charge in [-0.05, 0) is 68.3 Å². The van der Waals surface area contributed by atoms with Crippen molar-refractivity contribution in [2.24, 2.45) is 0 Å². The number of anilines is 1. The van der Waals surface area contributed by atoms with Gasteiger partial charge in [0.25, 0.3) is 11.5 Å². The molecule has 0 unspecified atom stereocenters. The summed E-state index contributed by atoms with van der Waals surface area (Å²) in [5.41, 5.74) is 4.60. The standard InChI is InChI=1S/C24H21N3O2/c1-15-7-6-8-16(2)22(15)26-23(28)18-11-13-19(14-12-18)27-17(3)25-21-10-5-4-9-20(21)24(27)29/h4-14H,1-3H3,(H,26,28). The molecule has 0 saturated carbocycles. The summed E-state index contributed by atoms with van der Waals surface area (Å²) in [6.07, 6.45) is 0. The molecule has 0 aliphatic carbocycles. The van der Waals surface area contributed by atoms with E-state index in [9.17, 15) is 9.59 Å². The highest BCUT2D eigenvalue weighted by Gasteiger charge is 2.12. The van der Waals surface area contributed by atoms with Crippen molar-refractivity contribution < 1.29 is 4.79 Å². The summed E-state index contributed by atoms with van der Waals surface area (Å²) in [5.74, 6) is 0.413. The van der Waals surface area contributed by atoms with Crippen LogP contribution in [0.5, 0.6) is 0 Å². The highest BCUT2D eigenvalue weighted by Crippen LogP contribution is 2.21. The number of rotatable bonds is 3. The van der Waals surface area contributed by atoms with E-state index >= 15 is 0 Å². The Bertz CT molecular complexity index is 1270. The van der Waals surface area contributed by atoms with E-state index in [1.165, 1.54) is 0 Å². The van der Waals surface area contributed by atoms with E-state index in [1.807, 2.05) is 50.2 Å². The maximum atomic E-state index is 12.9. The zero-order chi connectivity index (χ0) is 20.5. The zero-order valence-corrected chi connectivity index (χ0v) is 16.6. The number of benzene rings is 3. The molecule has 0 radical (unpaired) electrons. The first kappa shape index (κ1) is 18.6. The summed E-state index contributed by atoms with van der Waals surface area (Å²) in [7, 11) is 0. The highest BCUT2D eigenvalue weighted by molar-refractivity contribution is 6.05. The number of fused-ring (bicyclic) bond motifs is 1. The molecule has 0 spiro atoms. The van der Waals surface area contributed by atoms with Crippen molar-refractivity contribution in [1.82, 2.24) is 9.55 Å². The molecule has 0 atom stereocenters. The molecule has 4 rings (SSSR count). The van der Waals surface area contributed by atoms with Crippen molar-refractivity contribution in [1.29, 1.82) is 0 Å². The Morgan fingerprint density at radius 1 is 0.862 bits per heavy atom. The number of nitrogens with zero attached hydrogens (tertiary/aromatic N) is 2. The summed E-state index contributed by atoms with van der Waals surface area (Å²) in [6.45, 7) is 5.73. The van der Waals surface area contributed by atoms with Crippen molar-refractivity contribution in [3.63, 3.8) is 0 Å². The fraction of sp³-hybridized carbons (Fsp3) is 0.125. The van der Waals surface area contributed by atoms with Gasteiger partial charge in [0.1, 0.15) is 5.82 Å². The molecule has 5 heteroatoms. The smallest absolute Gasteiger partial charge is 0.265 e. The lowest BCUT2D eigenvalue weighted by molar-refractivity contribution is 0.102. The van der Waals surface area contributed by atoms with Gasteiger partial charge in [-0.15, -0.1) is 0 Å². The van der Waals surface area contributed by atoms with Gasteiger partial charge in [0, 0.05) is 11.3 Å². The van der Waals surface area contributed by atoms with Gasteiger partial charge in [-0.1, -0.05) is 30.3 Å². The molecule has 29 heavy (non-hydrogen) atoms. The van der Waals surface area contributed by atoms with Crippen LogP contribution in [-0.2, 0) is 0 Å². The third-order valence-corrected chi connectivity index (χ3v) is 5.05. The minimum Gasteiger partial charge on any atom is -0.322 e. The van der Waals surface area contributed by atoms with Gasteiger partial charge in [0.05, 0.1) is 16.6 Å². The second kappa shape index (κ2) is 7.36. The van der Waals surface area contributed by atoms with Crippen LogP contribution in [0.2, 0.25) is 0 Å². The third-order valence-electron chi connectivity index (χ3n) is 5.05. The number of hydrogen-bond acceptors (Lipinski definition) is 3. The van der Waals surface area contributed by atoms with Gasteiger partial charge >= 0.3 is 0 Å². The van der Waals surface area contributed by atoms with E-state index in [4.69, 9.17) is 0 Å². The number of aromatic nitrogens is 2. The quantitative estimate of drug-likeness (QED) is 0.564. The van der Waals surface area contributed by atoms with Gasteiger partial charge in [-0.3, -0.25) is 14.2 Å². The fourth-order valence-corrected chi connectivity index (χ4v) is 3.51. The monoisotopic (exact) mass is 383 g/mol. The number of para-hydroxylation sites is 2.